The first kappa shape index (κ1) is 23.6. The van der Waals surface area contributed by atoms with Gasteiger partial charge in [-0.2, -0.15) is 0 Å². The molecule has 0 fully saturated rings. The molecule has 6 heteroatoms. The molecule has 0 aromatic heterocycles. The predicted molar refractivity (Wildman–Crippen MR) is 113 cm³/mol. The Hall–Kier alpha value is -1.66. The lowest BCUT2D eigenvalue weighted by Crippen LogP contribution is -2.19. The SMILES string of the molecule is COC(=O)CCCCCCC1C(=O)C=C[C@@H]1CCC(O)CSc1ccccc1F. The molecule has 4 nitrogen and oxygen atoms in total. The lowest BCUT2D eigenvalue weighted by molar-refractivity contribution is -0.140. The van der Waals surface area contributed by atoms with E-state index in [1.807, 2.05) is 6.08 Å². The second-order valence-corrected chi connectivity index (χ2v) is 8.60. The molecule has 0 saturated heterocycles. The molecule has 160 valence electrons. The number of ketones is 1. The second kappa shape index (κ2) is 12.8. The number of methoxy groups -OCH3 is 1. The molecule has 0 saturated carbocycles. The highest BCUT2D eigenvalue weighted by Gasteiger charge is 2.29. The number of ether oxygens (including phenoxy) is 1. The maximum Gasteiger partial charge on any atom is 0.305 e. The van der Waals surface area contributed by atoms with E-state index in [1.165, 1.54) is 24.9 Å². The summed E-state index contributed by atoms with van der Waals surface area (Å²) in [6.45, 7) is 0. The first-order valence-electron chi connectivity index (χ1n) is 10.4. The number of hydrogen-bond donors (Lipinski definition) is 1. The molecule has 1 aliphatic carbocycles. The molecule has 1 N–H and O–H groups in total. The largest absolute Gasteiger partial charge is 0.469 e. The minimum atomic E-state index is -0.525. The molecule has 29 heavy (non-hydrogen) atoms. The fourth-order valence-corrected chi connectivity index (χ4v) is 4.57. The third-order valence-electron chi connectivity index (χ3n) is 5.36. The highest BCUT2D eigenvalue weighted by atomic mass is 32.2. The van der Waals surface area contributed by atoms with Crippen LogP contribution in [0.25, 0.3) is 0 Å². The Kier molecular flexibility index (Phi) is 10.4. The van der Waals surface area contributed by atoms with Crippen LogP contribution < -0.4 is 0 Å². The van der Waals surface area contributed by atoms with Crippen LogP contribution in [-0.2, 0) is 14.3 Å². The van der Waals surface area contributed by atoms with Crippen LogP contribution in [0.4, 0.5) is 4.39 Å². The van der Waals surface area contributed by atoms with E-state index in [1.54, 1.807) is 24.3 Å². The predicted octanol–water partition coefficient (Wildman–Crippen LogP) is 4.94. The fourth-order valence-electron chi connectivity index (χ4n) is 3.65. The molecule has 1 aromatic rings. The van der Waals surface area contributed by atoms with E-state index in [4.69, 9.17) is 0 Å². The molecule has 0 spiro atoms. The van der Waals surface area contributed by atoms with E-state index >= 15 is 0 Å². The number of hydrogen-bond acceptors (Lipinski definition) is 5. The number of halogens is 1. The van der Waals surface area contributed by atoms with Crippen molar-refractivity contribution in [2.75, 3.05) is 12.9 Å². The number of unbranched alkanes of at least 4 members (excludes halogenated alkanes) is 3. The van der Waals surface area contributed by atoms with Crippen LogP contribution in [0, 0.1) is 17.7 Å². The first-order valence-corrected chi connectivity index (χ1v) is 11.3. The van der Waals surface area contributed by atoms with Gasteiger partial charge in [-0.25, -0.2) is 4.39 Å². The van der Waals surface area contributed by atoms with Crippen LogP contribution in [0.3, 0.4) is 0 Å². The molecule has 1 aromatic carbocycles. The Labute approximate surface area is 176 Å². The van der Waals surface area contributed by atoms with Gasteiger partial charge in [-0.05, 0) is 49.8 Å². The average molecular weight is 423 g/mol. The summed E-state index contributed by atoms with van der Waals surface area (Å²) in [5.74, 6) is 0.357. The van der Waals surface area contributed by atoms with Crippen LogP contribution in [-0.4, -0.2) is 35.8 Å². The van der Waals surface area contributed by atoms with Crippen LogP contribution in [0.2, 0.25) is 0 Å². The van der Waals surface area contributed by atoms with Gasteiger partial charge in [-0.15, -0.1) is 11.8 Å². The number of carbonyl (C=O) groups is 2. The number of esters is 1. The van der Waals surface area contributed by atoms with Crippen LogP contribution in [0.5, 0.6) is 0 Å². The number of aliphatic hydroxyl groups is 1. The number of thioether (sulfide) groups is 1. The molecule has 0 amide bonds. The van der Waals surface area contributed by atoms with E-state index in [2.05, 4.69) is 4.74 Å². The monoisotopic (exact) mass is 422 g/mol. The maximum absolute atomic E-state index is 13.6. The lowest BCUT2D eigenvalue weighted by Gasteiger charge is -2.19. The Bertz CT molecular complexity index is 691. The third kappa shape index (κ3) is 8.31. The number of rotatable bonds is 13. The summed E-state index contributed by atoms with van der Waals surface area (Å²) in [5, 5.41) is 10.3. The van der Waals surface area contributed by atoms with Crippen molar-refractivity contribution in [1.82, 2.24) is 0 Å². The maximum atomic E-state index is 13.6. The number of allylic oxidation sites excluding steroid dienone is 2. The van der Waals surface area contributed by atoms with Crippen LogP contribution >= 0.6 is 11.8 Å². The average Bonchev–Trinajstić information content (AvgIpc) is 3.07. The Morgan fingerprint density at radius 1 is 1.21 bits per heavy atom. The molecule has 0 aliphatic heterocycles. The summed E-state index contributed by atoms with van der Waals surface area (Å²) in [7, 11) is 1.40. The standard InChI is InChI=1S/C23H31FO4S/c1-28-23(27)11-5-3-2-4-8-19-17(13-15-21(19)26)12-14-18(25)16-29-22-10-7-6-9-20(22)24/h6-7,9-10,13,15,17-19,25H,2-5,8,11-12,14,16H2,1H3/t17-,18?,19?/m0/s1. The van der Waals surface area contributed by atoms with Crippen molar-refractivity contribution in [2.45, 2.75) is 62.4 Å². The lowest BCUT2D eigenvalue weighted by atomic mass is 9.86. The van der Waals surface area contributed by atoms with Crippen molar-refractivity contribution in [3.63, 3.8) is 0 Å². The van der Waals surface area contributed by atoms with Crippen molar-refractivity contribution in [3.8, 4) is 0 Å². The van der Waals surface area contributed by atoms with Gasteiger partial charge in [-0.3, -0.25) is 9.59 Å². The summed E-state index contributed by atoms with van der Waals surface area (Å²) in [4.78, 5) is 23.8. The summed E-state index contributed by atoms with van der Waals surface area (Å²) in [6, 6.07) is 6.57. The zero-order valence-electron chi connectivity index (χ0n) is 17.0. The summed E-state index contributed by atoms with van der Waals surface area (Å²) >= 11 is 1.32. The number of carbonyl (C=O) groups excluding carboxylic acids is 2. The van der Waals surface area contributed by atoms with Gasteiger partial charge >= 0.3 is 5.97 Å². The third-order valence-corrected chi connectivity index (χ3v) is 6.56. The Morgan fingerprint density at radius 2 is 1.97 bits per heavy atom. The second-order valence-electron chi connectivity index (χ2n) is 7.53. The van der Waals surface area contributed by atoms with E-state index < -0.39 is 6.10 Å². The topological polar surface area (TPSA) is 63.6 Å². The summed E-state index contributed by atoms with van der Waals surface area (Å²) < 4.78 is 18.3. The zero-order chi connectivity index (χ0) is 21.1. The number of benzene rings is 1. The van der Waals surface area contributed by atoms with Gasteiger partial charge in [0.15, 0.2) is 5.78 Å². The zero-order valence-corrected chi connectivity index (χ0v) is 17.8. The van der Waals surface area contributed by atoms with E-state index in [0.29, 0.717) is 23.5 Å². The minimum Gasteiger partial charge on any atom is -0.469 e. The molecule has 0 radical (unpaired) electrons. The van der Waals surface area contributed by atoms with Gasteiger partial charge in [0.1, 0.15) is 5.82 Å². The van der Waals surface area contributed by atoms with Crippen molar-refractivity contribution in [1.29, 1.82) is 0 Å². The molecular weight excluding hydrogens is 391 g/mol. The molecule has 0 heterocycles. The van der Waals surface area contributed by atoms with Gasteiger partial charge in [0.2, 0.25) is 0 Å². The normalized spacial score (nSPS) is 19.5. The summed E-state index contributed by atoms with van der Waals surface area (Å²) in [5.41, 5.74) is 0. The van der Waals surface area contributed by atoms with E-state index in [9.17, 15) is 19.1 Å². The molecule has 3 atom stereocenters. The highest BCUT2D eigenvalue weighted by Crippen LogP contribution is 2.32. The Morgan fingerprint density at radius 3 is 2.72 bits per heavy atom. The highest BCUT2D eigenvalue weighted by molar-refractivity contribution is 7.99. The molecule has 2 unspecified atom stereocenters. The van der Waals surface area contributed by atoms with Crippen LogP contribution in [0.1, 0.15) is 51.4 Å². The molecule has 2 rings (SSSR count). The van der Waals surface area contributed by atoms with Gasteiger partial charge in [-0.1, -0.05) is 37.5 Å². The van der Waals surface area contributed by atoms with Gasteiger partial charge in [0.25, 0.3) is 0 Å². The van der Waals surface area contributed by atoms with Crippen molar-refractivity contribution in [2.24, 2.45) is 11.8 Å². The summed E-state index contributed by atoms with van der Waals surface area (Å²) in [6.07, 6.45) is 9.50. The van der Waals surface area contributed by atoms with Crippen molar-refractivity contribution >= 4 is 23.5 Å². The van der Waals surface area contributed by atoms with E-state index in [-0.39, 0.29) is 29.4 Å². The minimum absolute atomic E-state index is 0.00188. The smallest absolute Gasteiger partial charge is 0.305 e. The van der Waals surface area contributed by atoms with Gasteiger partial charge in [0, 0.05) is 23.0 Å². The molecule has 1 aliphatic rings. The van der Waals surface area contributed by atoms with E-state index in [0.717, 1.165) is 38.5 Å². The quantitative estimate of drug-likeness (QED) is 0.277. The van der Waals surface area contributed by atoms with Crippen molar-refractivity contribution < 1.29 is 23.8 Å². The molecular formula is C23H31FO4S. The van der Waals surface area contributed by atoms with Crippen LogP contribution in [0.15, 0.2) is 41.3 Å². The Balaban J connectivity index is 1.65. The molecule has 0 bridgehead atoms. The fraction of sp³-hybridized carbons (Fsp3) is 0.565. The first-order chi connectivity index (χ1) is 14.0. The van der Waals surface area contributed by atoms with Crippen molar-refractivity contribution in [3.05, 3.63) is 42.2 Å². The van der Waals surface area contributed by atoms with Gasteiger partial charge < -0.3 is 9.84 Å². The van der Waals surface area contributed by atoms with Gasteiger partial charge in [0.05, 0.1) is 13.2 Å². The number of aliphatic hydroxyl groups excluding tert-OH is 1.